The Morgan fingerprint density at radius 3 is 2.43 bits per heavy atom. The van der Waals surface area contributed by atoms with Gasteiger partial charge >= 0.3 is 12.1 Å². The quantitative estimate of drug-likeness (QED) is 0.212. The van der Waals surface area contributed by atoms with E-state index in [1.54, 1.807) is 12.1 Å². The Morgan fingerprint density at radius 2 is 1.81 bits per heavy atom. The second-order valence-corrected chi connectivity index (χ2v) is 14.0. The van der Waals surface area contributed by atoms with E-state index in [-0.39, 0.29) is 48.5 Å². The van der Waals surface area contributed by atoms with Crippen molar-refractivity contribution in [1.82, 2.24) is 19.9 Å². The minimum atomic E-state index is -1.98. The number of carbonyl (C=O) groups excluding carboxylic acids is 2. The predicted molar refractivity (Wildman–Crippen MR) is 167 cm³/mol. The smallest absolute Gasteiger partial charge is 0.411 e. The monoisotopic (exact) mass is 732 g/mol. The van der Waals surface area contributed by atoms with Crippen molar-refractivity contribution >= 4 is 69.9 Å². The third-order valence-electron chi connectivity index (χ3n) is 7.86. The van der Waals surface area contributed by atoms with Crippen molar-refractivity contribution in [3.05, 3.63) is 70.6 Å². The van der Waals surface area contributed by atoms with Gasteiger partial charge in [-0.3, -0.25) is 14.5 Å². The number of carboxylic acid groups (broad SMARTS) is 1. The molecule has 0 saturated carbocycles. The first-order valence-electron chi connectivity index (χ1n) is 13.9. The third-order valence-corrected chi connectivity index (χ3v) is 9.59. The first-order valence-corrected chi connectivity index (χ1v) is 15.5. The van der Waals surface area contributed by atoms with Crippen LogP contribution in [-0.4, -0.2) is 77.6 Å². The van der Waals surface area contributed by atoms with Gasteiger partial charge in [-0.05, 0) is 43.2 Å². The number of fused-ring (bicyclic) bond motifs is 2. The number of piperazine rings is 1. The molecule has 1 aromatic carbocycles. The Kier molecular flexibility index (Phi) is 9.66. The fourth-order valence-corrected chi connectivity index (χ4v) is 5.70. The number of hydrogen-bond acceptors (Lipinski definition) is 8. The highest BCUT2D eigenvalue weighted by Gasteiger charge is 2.52. The van der Waals surface area contributed by atoms with E-state index in [4.69, 9.17) is 60.4 Å². The van der Waals surface area contributed by atoms with Crippen LogP contribution in [0.15, 0.2) is 47.1 Å². The maximum absolute atomic E-state index is 14.3. The van der Waals surface area contributed by atoms with Gasteiger partial charge in [0, 0.05) is 38.3 Å². The van der Waals surface area contributed by atoms with Crippen LogP contribution in [0.5, 0.6) is 5.88 Å². The van der Waals surface area contributed by atoms with Crippen LogP contribution in [0.3, 0.4) is 0 Å². The van der Waals surface area contributed by atoms with Crippen LogP contribution < -0.4 is 4.74 Å². The topological polar surface area (TPSA) is 135 Å². The fraction of sp³-hybridized carbons (Fsp3) is 0.367. The SMILES string of the molecule is CC(=O)N1CC2C=C(c3ccc(OCc4cc(-c5c(F)ccc(F)c5Cl)no4)nc3)C(C(=O)O)C(C1)N2C(=O)OC(C)(C)C(Cl)(Cl)Cl. The summed E-state index contributed by atoms with van der Waals surface area (Å²) in [4.78, 5) is 45.5. The zero-order chi connectivity index (χ0) is 34.4. The normalized spacial score (nSPS) is 19.7. The minimum Gasteiger partial charge on any atom is -0.481 e. The molecule has 2 aliphatic heterocycles. The van der Waals surface area contributed by atoms with Crippen LogP contribution in [0, 0.1) is 17.6 Å². The minimum absolute atomic E-state index is 0.0273. The molecule has 0 spiro atoms. The first-order chi connectivity index (χ1) is 22.0. The Labute approximate surface area is 286 Å². The summed E-state index contributed by atoms with van der Waals surface area (Å²) in [6.07, 6.45) is 2.09. The summed E-state index contributed by atoms with van der Waals surface area (Å²) in [6, 6.07) is 4.46. The highest BCUT2D eigenvalue weighted by molar-refractivity contribution is 6.68. The van der Waals surface area contributed by atoms with Gasteiger partial charge in [-0.15, -0.1) is 0 Å². The molecule has 47 heavy (non-hydrogen) atoms. The first kappa shape index (κ1) is 34.7. The predicted octanol–water partition coefficient (Wildman–Crippen LogP) is 6.53. The molecule has 11 nitrogen and oxygen atoms in total. The van der Waals surface area contributed by atoms with Gasteiger partial charge in [0.05, 0.1) is 22.7 Å². The van der Waals surface area contributed by atoms with Crippen molar-refractivity contribution in [2.45, 2.75) is 48.9 Å². The van der Waals surface area contributed by atoms with Gasteiger partial charge in [-0.25, -0.2) is 18.6 Å². The maximum atomic E-state index is 14.3. The number of nitrogens with zero attached hydrogens (tertiary/aromatic N) is 4. The zero-order valence-corrected chi connectivity index (χ0v) is 27.9. The van der Waals surface area contributed by atoms with Crippen molar-refractivity contribution in [2.24, 2.45) is 5.92 Å². The van der Waals surface area contributed by atoms with Gasteiger partial charge in [-0.2, -0.15) is 0 Å². The van der Waals surface area contributed by atoms with Crippen LogP contribution in [0.4, 0.5) is 13.6 Å². The van der Waals surface area contributed by atoms with Crippen LogP contribution >= 0.6 is 46.4 Å². The molecule has 3 atom stereocenters. The molecule has 1 saturated heterocycles. The molecule has 3 aromatic rings. The number of ether oxygens (including phenoxy) is 2. The van der Waals surface area contributed by atoms with E-state index < -0.39 is 56.1 Å². The number of carbonyl (C=O) groups is 3. The molecule has 0 radical (unpaired) electrons. The van der Waals surface area contributed by atoms with Gasteiger partial charge in [0.2, 0.25) is 15.6 Å². The second kappa shape index (κ2) is 13.1. The molecular weight excluding hydrogens is 708 g/mol. The average molecular weight is 734 g/mol. The van der Waals surface area contributed by atoms with Crippen LogP contribution in [0.2, 0.25) is 5.02 Å². The van der Waals surface area contributed by atoms with Crippen molar-refractivity contribution < 1.29 is 42.3 Å². The van der Waals surface area contributed by atoms with Crippen molar-refractivity contribution in [3.8, 4) is 17.1 Å². The number of pyridine rings is 1. The van der Waals surface area contributed by atoms with Gasteiger partial charge in [-0.1, -0.05) is 57.6 Å². The summed E-state index contributed by atoms with van der Waals surface area (Å²) in [5, 5.41) is 13.7. The summed E-state index contributed by atoms with van der Waals surface area (Å²) in [5.41, 5.74) is -1.05. The number of benzene rings is 1. The van der Waals surface area contributed by atoms with E-state index in [2.05, 4.69) is 10.1 Å². The lowest BCUT2D eigenvalue weighted by Crippen LogP contribution is -2.66. The molecular formula is C30H26Cl4F2N4O7. The molecule has 4 heterocycles. The largest absolute Gasteiger partial charge is 0.481 e. The standard InChI is InChI=1S/C30H26Cl4F2N4O7/c1-14(41)39-11-16-8-18(24(27(42)43)22(12-39)40(16)28(44)46-29(2,3)30(32,33)34)15-4-7-23(37-10-15)45-13-17-9-21(38-47-17)25-19(35)5-6-20(36)26(25)31/h4-10,16,22,24H,11-13H2,1-3H3,(H,42,43). The molecule has 5 rings (SSSR count). The number of rotatable bonds is 7. The summed E-state index contributed by atoms with van der Waals surface area (Å²) >= 11 is 23.9. The molecule has 250 valence electrons. The number of aliphatic carboxylic acids is 1. The Hall–Kier alpha value is -3.65. The Bertz CT molecular complexity index is 1750. The maximum Gasteiger partial charge on any atom is 0.411 e. The second-order valence-electron chi connectivity index (χ2n) is 11.4. The molecule has 17 heteroatoms. The van der Waals surface area contributed by atoms with E-state index >= 15 is 0 Å². The van der Waals surface area contributed by atoms with Gasteiger partial charge in [0.25, 0.3) is 0 Å². The molecule has 2 aromatic heterocycles. The third kappa shape index (κ3) is 6.99. The van der Waals surface area contributed by atoms with Gasteiger partial charge < -0.3 is 24.0 Å². The lowest BCUT2D eigenvalue weighted by molar-refractivity contribution is -0.146. The lowest BCUT2D eigenvalue weighted by atomic mass is 9.79. The van der Waals surface area contributed by atoms with Gasteiger partial charge in [0.1, 0.15) is 23.2 Å². The number of alkyl halides is 3. The van der Waals surface area contributed by atoms with E-state index in [9.17, 15) is 28.3 Å². The molecule has 0 aliphatic carbocycles. The van der Waals surface area contributed by atoms with E-state index in [1.165, 1.54) is 48.9 Å². The van der Waals surface area contributed by atoms with E-state index in [0.717, 1.165) is 12.1 Å². The number of aromatic nitrogens is 2. The highest BCUT2D eigenvalue weighted by atomic mass is 35.6. The molecule has 1 fully saturated rings. The van der Waals surface area contributed by atoms with Crippen LogP contribution in [0.25, 0.3) is 16.8 Å². The average Bonchev–Trinajstić information content (AvgIpc) is 3.45. The number of halogens is 6. The summed E-state index contributed by atoms with van der Waals surface area (Å²) in [7, 11) is 0. The number of carboxylic acids is 1. The fourth-order valence-electron chi connectivity index (χ4n) is 5.34. The van der Waals surface area contributed by atoms with Crippen molar-refractivity contribution in [3.63, 3.8) is 0 Å². The Morgan fingerprint density at radius 1 is 1.11 bits per heavy atom. The summed E-state index contributed by atoms with van der Waals surface area (Å²) in [5.74, 6) is -4.13. The van der Waals surface area contributed by atoms with E-state index in [1.807, 2.05) is 0 Å². The van der Waals surface area contributed by atoms with Crippen LogP contribution in [-0.2, 0) is 20.9 Å². The molecule has 2 aliphatic rings. The van der Waals surface area contributed by atoms with Crippen molar-refractivity contribution in [2.75, 3.05) is 13.1 Å². The Balaban J connectivity index is 1.37. The highest BCUT2D eigenvalue weighted by Crippen LogP contribution is 2.43. The zero-order valence-electron chi connectivity index (χ0n) is 24.8. The van der Waals surface area contributed by atoms with E-state index in [0.29, 0.717) is 11.1 Å². The number of hydrogen-bond donors (Lipinski definition) is 1. The summed E-state index contributed by atoms with van der Waals surface area (Å²) < 4.78 is 42.5. The van der Waals surface area contributed by atoms with Crippen molar-refractivity contribution in [1.29, 1.82) is 0 Å². The molecule has 1 N–H and O–H groups in total. The summed E-state index contributed by atoms with van der Waals surface area (Å²) in [6.45, 7) is 3.98. The van der Waals surface area contributed by atoms with Crippen LogP contribution in [0.1, 0.15) is 32.1 Å². The number of amides is 2. The molecule has 2 amide bonds. The molecule has 3 unspecified atom stereocenters. The molecule has 2 bridgehead atoms. The lowest BCUT2D eigenvalue weighted by Gasteiger charge is -2.51. The van der Waals surface area contributed by atoms with Gasteiger partial charge in [0.15, 0.2) is 18.0 Å².